The topological polar surface area (TPSA) is 69.9 Å². The number of hydrogen-bond acceptors (Lipinski definition) is 3. The lowest BCUT2D eigenvalue weighted by Crippen LogP contribution is -2.50. The van der Waals surface area contributed by atoms with E-state index in [2.05, 4.69) is 0 Å². The van der Waals surface area contributed by atoms with Crippen LogP contribution in [0.15, 0.2) is 0 Å². The zero-order chi connectivity index (χ0) is 16.7. The number of fused-ring (bicyclic) bond motifs is 1. The van der Waals surface area contributed by atoms with Crippen molar-refractivity contribution in [1.82, 2.24) is 14.7 Å². The van der Waals surface area contributed by atoms with Crippen LogP contribution in [0.2, 0.25) is 0 Å². The van der Waals surface area contributed by atoms with Gasteiger partial charge in [0, 0.05) is 45.3 Å². The highest BCUT2D eigenvalue weighted by Crippen LogP contribution is 2.38. The van der Waals surface area contributed by atoms with E-state index in [4.69, 9.17) is 5.73 Å². The van der Waals surface area contributed by atoms with Crippen LogP contribution < -0.4 is 5.73 Å². The maximum atomic E-state index is 13.0. The van der Waals surface area contributed by atoms with Gasteiger partial charge in [-0.25, -0.2) is 4.79 Å². The molecule has 3 heterocycles. The number of piperidine rings is 1. The van der Waals surface area contributed by atoms with Crippen LogP contribution in [0, 0.1) is 17.8 Å². The fourth-order valence-corrected chi connectivity index (χ4v) is 5.21. The highest BCUT2D eigenvalue weighted by Gasteiger charge is 2.44. The number of urea groups is 1. The Kier molecular flexibility index (Phi) is 4.41. The highest BCUT2D eigenvalue weighted by atomic mass is 16.2. The maximum absolute atomic E-state index is 13.0. The number of hydrogen-bond donors (Lipinski definition) is 1. The summed E-state index contributed by atoms with van der Waals surface area (Å²) < 4.78 is 0. The SMILES string of the molecule is NC1CCC2CN(C(=O)C3CCCN(C(=O)N4CCCC4)C3)CC12. The van der Waals surface area contributed by atoms with Crippen LogP contribution in [-0.4, -0.2) is 71.9 Å². The predicted molar refractivity (Wildman–Crippen MR) is 91.3 cm³/mol. The third-order valence-corrected chi connectivity index (χ3v) is 6.64. The van der Waals surface area contributed by atoms with Crippen LogP contribution in [0.4, 0.5) is 4.79 Å². The minimum Gasteiger partial charge on any atom is -0.342 e. The Morgan fingerprint density at radius 1 is 0.792 bits per heavy atom. The molecule has 4 atom stereocenters. The number of likely N-dealkylation sites (tertiary alicyclic amines) is 3. The van der Waals surface area contributed by atoms with E-state index in [1.54, 1.807) is 0 Å². The molecule has 2 N–H and O–H groups in total. The molecular formula is C18H30N4O2. The Morgan fingerprint density at radius 2 is 1.54 bits per heavy atom. The average molecular weight is 334 g/mol. The molecule has 0 aromatic carbocycles. The van der Waals surface area contributed by atoms with E-state index in [1.807, 2.05) is 14.7 Å². The molecule has 0 spiro atoms. The summed E-state index contributed by atoms with van der Waals surface area (Å²) in [6.07, 6.45) is 6.35. The molecule has 3 aliphatic heterocycles. The van der Waals surface area contributed by atoms with E-state index < -0.39 is 0 Å². The number of rotatable bonds is 1. The Bertz CT molecular complexity index is 505. The minimum atomic E-state index is -0.0136. The van der Waals surface area contributed by atoms with Crippen molar-refractivity contribution in [3.05, 3.63) is 0 Å². The number of carbonyl (C=O) groups is 2. The van der Waals surface area contributed by atoms with Crippen molar-refractivity contribution in [2.45, 2.75) is 44.6 Å². The van der Waals surface area contributed by atoms with Crippen LogP contribution >= 0.6 is 0 Å². The Labute approximate surface area is 144 Å². The van der Waals surface area contributed by atoms with E-state index in [1.165, 1.54) is 6.42 Å². The maximum Gasteiger partial charge on any atom is 0.320 e. The summed E-state index contributed by atoms with van der Waals surface area (Å²) in [6, 6.07) is 0.415. The van der Waals surface area contributed by atoms with Crippen LogP contribution in [0.3, 0.4) is 0 Å². The van der Waals surface area contributed by atoms with Crippen LogP contribution in [0.1, 0.15) is 38.5 Å². The third kappa shape index (κ3) is 2.89. The molecule has 1 saturated carbocycles. The number of carbonyl (C=O) groups excluding carboxylic acids is 2. The second-order valence-electron chi connectivity index (χ2n) is 8.17. The molecule has 4 rings (SSSR count). The van der Waals surface area contributed by atoms with Gasteiger partial charge in [-0.2, -0.15) is 0 Å². The molecule has 0 aromatic heterocycles. The molecule has 1 aliphatic carbocycles. The van der Waals surface area contributed by atoms with E-state index in [0.29, 0.717) is 18.4 Å². The molecule has 3 amide bonds. The summed E-state index contributed by atoms with van der Waals surface area (Å²) in [7, 11) is 0. The molecular weight excluding hydrogens is 304 g/mol. The van der Waals surface area contributed by atoms with Gasteiger partial charge in [-0.05, 0) is 50.4 Å². The molecule has 134 valence electrons. The predicted octanol–water partition coefficient (Wildman–Crippen LogP) is 1.11. The standard InChI is InChI=1S/C18H30N4O2/c19-16-6-5-13-10-22(12-15(13)16)17(23)14-4-3-9-21(11-14)18(24)20-7-1-2-8-20/h13-16H,1-12,19H2. The molecule has 0 bridgehead atoms. The summed E-state index contributed by atoms with van der Waals surface area (Å²) in [4.78, 5) is 31.5. The normalized spacial score (nSPS) is 36.3. The first-order chi connectivity index (χ1) is 11.6. The second-order valence-corrected chi connectivity index (χ2v) is 8.17. The van der Waals surface area contributed by atoms with Gasteiger partial charge in [-0.15, -0.1) is 0 Å². The van der Waals surface area contributed by atoms with E-state index in [-0.39, 0.29) is 23.9 Å². The van der Waals surface area contributed by atoms with E-state index >= 15 is 0 Å². The number of amides is 3. The molecule has 6 nitrogen and oxygen atoms in total. The summed E-state index contributed by atoms with van der Waals surface area (Å²) in [5.41, 5.74) is 6.20. The van der Waals surface area contributed by atoms with Gasteiger partial charge < -0.3 is 20.4 Å². The minimum absolute atomic E-state index is 0.0136. The van der Waals surface area contributed by atoms with Crippen molar-refractivity contribution in [2.75, 3.05) is 39.3 Å². The van der Waals surface area contributed by atoms with Crippen molar-refractivity contribution in [3.8, 4) is 0 Å². The molecule has 24 heavy (non-hydrogen) atoms. The highest BCUT2D eigenvalue weighted by molar-refractivity contribution is 5.81. The lowest BCUT2D eigenvalue weighted by Gasteiger charge is -2.36. The molecule has 3 saturated heterocycles. The summed E-state index contributed by atoms with van der Waals surface area (Å²) in [5.74, 6) is 1.35. The van der Waals surface area contributed by atoms with Gasteiger partial charge in [0.05, 0.1) is 5.92 Å². The first-order valence-electron chi connectivity index (χ1n) is 9.71. The van der Waals surface area contributed by atoms with Gasteiger partial charge in [0.2, 0.25) is 5.91 Å². The zero-order valence-electron chi connectivity index (χ0n) is 14.5. The van der Waals surface area contributed by atoms with E-state index in [0.717, 1.165) is 64.8 Å². The first-order valence-corrected chi connectivity index (χ1v) is 9.71. The molecule has 0 radical (unpaired) electrons. The first kappa shape index (κ1) is 16.2. The van der Waals surface area contributed by atoms with Crippen LogP contribution in [0.25, 0.3) is 0 Å². The summed E-state index contributed by atoms with van der Waals surface area (Å²) in [6.45, 7) is 4.87. The number of nitrogens with two attached hydrogens (primary N) is 1. The van der Waals surface area contributed by atoms with Gasteiger partial charge in [-0.3, -0.25) is 4.79 Å². The monoisotopic (exact) mass is 334 g/mol. The Hall–Kier alpha value is -1.30. The fourth-order valence-electron chi connectivity index (χ4n) is 5.21. The van der Waals surface area contributed by atoms with Crippen molar-refractivity contribution in [2.24, 2.45) is 23.5 Å². The molecule has 0 aromatic rings. The van der Waals surface area contributed by atoms with Crippen LogP contribution in [-0.2, 0) is 4.79 Å². The summed E-state index contributed by atoms with van der Waals surface area (Å²) >= 11 is 0. The quantitative estimate of drug-likeness (QED) is 0.781. The Morgan fingerprint density at radius 3 is 2.29 bits per heavy atom. The van der Waals surface area contributed by atoms with Gasteiger partial charge in [0.1, 0.15) is 0 Å². The van der Waals surface area contributed by atoms with Crippen molar-refractivity contribution < 1.29 is 9.59 Å². The zero-order valence-corrected chi connectivity index (χ0v) is 14.5. The number of nitrogens with zero attached hydrogens (tertiary/aromatic N) is 3. The van der Waals surface area contributed by atoms with E-state index in [9.17, 15) is 9.59 Å². The summed E-state index contributed by atoms with van der Waals surface area (Å²) in [5, 5.41) is 0. The largest absolute Gasteiger partial charge is 0.342 e. The average Bonchev–Trinajstić information content (AvgIpc) is 3.33. The molecule has 4 aliphatic rings. The van der Waals surface area contributed by atoms with Crippen molar-refractivity contribution in [1.29, 1.82) is 0 Å². The fraction of sp³-hybridized carbons (Fsp3) is 0.889. The van der Waals surface area contributed by atoms with Gasteiger partial charge in [0.25, 0.3) is 0 Å². The Balaban J connectivity index is 1.35. The molecule has 4 fully saturated rings. The van der Waals surface area contributed by atoms with Crippen molar-refractivity contribution >= 4 is 11.9 Å². The second kappa shape index (κ2) is 6.54. The lowest BCUT2D eigenvalue weighted by atomic mass is 9.96. The van der Waals surface area contributed by atoms with Gasteiger partial charge >= 0.3 is 6.03 Å². The third-order valence-electron chi connectivity index (χ3n) is 6.64. The lowest BCUT2D eigenvalue weighted by molar-refractivity contribution is -0.136. The molecule has 4 unspecified atom stereocenters. The molecule has 6 heteroatoms. The smallest absolute Gasteiger partial charge is 0.320 e. The van der Waals surface area contributed by atoms with Gasteiger partial charge in [0.15, 0.2) is 0 Å². The van der Waals surface area contributed by atoms with Gasteiger partial charge in [-0.1, -0.05) is 0 Å². The van der Waals surface area contributed by atoms with Crippen molar-refractivity contribution in [3.63, 3.8) is 0 Å². The van der Waals surface area contributed by atoms with Crippen LogP contribution in [0.5, 0.6) is 0 Å².